The van der Waals surface area contributed by atoms with Gasteiger partial charge < -0.3 is 10.1 Å². The van der Waals surface area contributed by atoms with Crippen LogP contribution in [0, 0.1) is 16.7 Å². The lowest BCUT2D eigenvalue weighted by Gasteiger charge is -2.39. The lowest BCUT2D eigenvalue weighted by atomic mass is 9.69. The van der Waals surface area contributed by atoms with Crippen LogP contribution in [0.2, 0.25) is 0 Å². The maximum Gasteiger partial charge on any atom is 0.0587 e. The zero-order chi connectivity index (χ0) is 11.1. The molecule has 2 aliphatic rings. The van der Waals surface area contributed by atoms with E-state index in [1.54, 1.807) is 7.11 Å². The van der Waals surface area contributed by atoms with Crippen molar-refractivity contribution in [2.24, 2.45) is 16.7 Å². The molecular formula is C13H25NO. The molecular weight excluding hydrogens is 186 g/mol. The molecule has 88 valence electrons. The molecule has 2 fully saturated rings. The van der Waals surface area contributed by atoms with Gasteiger partial charge in [-0.05, 0) is 36.0 Å². The minimum atomic E-state index is 0.505. The SMILES string of the molecule is COCCNC1C[C@@H]2CC[C@@]1(C)C2(C)C. The number of methoxy groups -OCH3 is 1. The van der Waals surface area contributed by atoms with Gasteiger partial charge in [0, 0.05) is 19.7 Å². The van der Waals surface area contributed by atoms with Gasteiger partial charge in [0.1, 0.15) is 0 Å². The minimum absolute atomic E-state index is 0.505. The third kappa shape index (κ3) is 1.53. The highest BCUT2D eigenvalue weighted by atomic mass is 16.5. The molecule has 3 atom stereocenters. The highest BCUT2D eigenvalue weighted by molar-refractivity contribution is 5.12. The highest BCUT2D eigenvalue weighted by Crippen LogP contribution is 2.65. The third-order valence-corrected chi connectivity index (χ3v) is 5.49. The van der Waals surface area contributed by atoms with Crippen LogP contribution in [-0.2, 0) is 4.74 Å². The van der Waals surface area contributed by atoms with Gasteiger partial charge in [-0.1, -0.05) is 20.8 Å². The van der Waals surface area contributed by atoms with Crippen molar-refractivity contribution in [2.75, 3.05) is 20.3 Å². The van der Waals surface area contributed by atoms with Gasteiger partial charge in [-0.15, -0.1) is 0 Å². The number of hydrogen-bond donors (Lipinski definition) is 1. The summed E-state index contributed by atoms with van der Waals surface area (Å²) < 4.78 is 5.10. The highest BCUT2D eigenvalue weighted by Gasteiger charge is 2.60. The molecule has 0 heterocycles. The zero-order valence-electron chi connectivity index (χ0n) is 10.6. The number of ether oxygens (including phenoxy) is 1. The van der Waals surface area contributed by atoms with Crippen molar-refractivity contribution in [3.05, 3.63) is 0 Å². The van der Waals surface area contributed by atoms with Crippen molar-refractivity contribution in [2.45, 2.75) is 46.1 Å². The van der Waals surface area contributed by atoms with Crippen LogP contribution in [0.25, 0.3) is 0 Å². The van der Waals surface area contributed by atoms with Gasteiger partial charge >= 0.3 is 0 Å². The second-order valence-electron chi connectivity index (χ2n) is 6.11. The Kier molecular flexibility index (Phi) is 2.85. The first-order valence-electron chi connectivity index (χ1n) is 6.24. The van der Waals surface area contributed by atoms with E-state index in [9.17, 15) is 0 Å². The van der Waals surface area contributed by atoms with Gasteiger partial charge in [0.15, 0.2) is 0 Å². The minimum Gasteiger partial charge on any atom is -0.383 e. The molecule has 2 nitrogen and oxygen atoms in total. The van der Waals surface area contributed by atoms with Gasteiger partial charge in [0.25, 0.3) is 0 Å². The summed E-state index contributed by atoms with van der Waals surface area (Å²) in [6.07, 6.45) is 4.20. The molecule has 1 unspecified atom stereocenters. The Morgan fingerprint density at radius 1 is 1.33 bits per heavy atom. The maximum absolute atomic E-state index is 5.10. The summed E-state index contributed by atoms with van der Waals surface area (Å²) in [5, 5.41) is 3.69. The average Bonchev–Trinajstić information content (AvgIpc) is 2.51. The number of hydrogen-bond acceptors (Lipinski definition) is 2. The lowest BCUT2D eigenvalue weighted by Crippen LogP contribution is -2.45. The van der Waals surface area contributed by atoms with E-state index in [2.05, 4.69) is 26.1 Å². The molecule has 2 saturated carbocycles. The molecule has 0 aromatic rings. The van der Waals surface area contributed by atoms with Crippen LogP contribution in [0.15, 0.2) is 0 Å². The first-order chi connectivity index (χ1) is 7.02. The van der Waals surface area contributed by atoms with E-state index in [1.165, 1.54) is 19.3 Å². The normalized spacial score (nSPS) is 42.4. The molecule has 0 amide bonds. The number of nitrogens with one attached hydrogen (secondary N) is 1. The Morgan fingerprint density at radius 2 is 2.07 bits per heavy atom. The predicted molar refractivity (Wildman–Crippen MR) is 62.9 cm³/mol. The fraction of sp³-hybridized carbons (Fsp3) is 1.00. The van der Waals surface area contributed by atoms with Crippen LogP contribution >= 0.6 is 0 Å². The van der Waals surface area contributed by atoms with E-state index in [-0.39, 0.29) is 0 Å². The predicted octanol–water partition coefficient (Wildman–Crippen LogP) is 2.44. The van der Waals surface area contributed by atoms with Gasteiger partial charge in [-0.3, -0.25) is 0 Å². The van der Waals surface area contributed by atoms with Crippen molar-refractivity contribution in [1.82, 2.24) is 5.32 Å². The summed E-state index contributed by atoms with van der Waals surface area (Å²) in [6, 6.07) is 0.710. The van der Waals surface area contributed by atoms with Gasteiger partial charge in [-0.2, -0.15) is 0 Å². The van der Waals surface area contributed by atoms with Crippen molar-refractivity contribution in [3.8, 4) is 0 Å². The average molecular weight is 211 g/mol. The second kappa shape index (κ2) is 3.74. The zero-order valence-corrected chi connectivity index (χ0v) is 10.6. The quantitative estimate of drug-likeness (QED) is 0.721. The Labute approximate surface area is 93.8 Å². The summed E-state index contributed by atoms with van der Waals surface area (Å²) in [6.45, 7) is 9.23. The fourth-order valence-electron chi connectivity index (χ4n) is 3.85. The molecule has 0 saturated heterocycles. The largest absolute Gasteiger partial charge is 0.383 e. The summed E-state index contributed by atoms with van der Waals surface area (Å²) in [5.74, 6) is 0.933. The Hall–Kier alpha value is -0.0800. The molecule has 0 aliphatic heterocycles. The third-order valence-electron chi connectivity index (χ3n) is 5.49. The van der Waals surface area contributed by atoms with Crippen LogP contribution in [0.4, 0.5) is 0 Å². The van der Waals surface area contributed by atoms with Crippen LogP contribution < -0.4 is 5.32 Å². The molecule has 2 bridgehead atoms. The van der Waals surface area contributed by atoms with Crippen LogP contribution in [0.5, 0.6) is 0 Å². The van der Waals surface area contributed by atoms with E-state index in [1.807, 2.05) is 0 Å². The summed E-state index contributed by atoms with van der Waals surface area (Å²) >= 11 is 0. The summed E-state index contributed by atoms with van der Waals surface area (Å²) in [4.78, 5) is 0. The molecule has 15 heavy (non-hydrogen) atoms. The molecule has 0 spiro atoms. The van der Waals surface area contributed by atoms with Gasteiger partial charge in [0.05, 0.1) is 6.61 Å². The van der Waals surface area contributed by atoms with Crippen LogP contribution in [0.1, 0.15) is 40.0 Å². The fourth-order valence-corrected chi connectivity index (χ4v) is 3.85. The molecule has 0 aromatic carbocycles. The standard InChI is InChI=1S/C13H25NO/c1-12(2)10-5-6-13(12,3)11(9-10)14-7-8-15-4/h10-11,14H,5-9H2,1-4H3/t10-,11?,13+/m0/s1. The Morgan fingerprint density at radius 3 is 2.53 bits per heavy atom. The van der Waals surface area contributed by atoms with Crippen molar-refractivity contribution in [1.29, 1.82) is 0 Å². The Balaban J connectivity index is 1.99. The molecule has 1 N–H and O–H groups in total. The number of rotatable bonds is 4. The van der Waals surface area contributed by atoms with Crippen molar-refractivity contribution >= 4 is 0 Å². The molecule has 0 aromatic heterocycles. The lowest BCUT2D eigenvalue weighted by molar-refractivity contribution is 0.114. The monoisotopic (exact) mass is 211 g/mol. The molecule has 2 aliphatic carbocycles. The van der Waals surface area contributed by atoms with E-state index < -0.39 is 0 Å². The van der Waals surface area contributed by atoms with E-state index in [0.717, 1.165) is 19.1 Å². The van der Waals surface area contributed by atoms with Crippen molar-refractivity contribution < 1.29 is 4.74 Å². The number of fused-ring (bicyclic) bond motifs is 2. The Bertz CT molecular complexity index is 239. The molecule has 0 radical (unpaired) electrons. The molecule has 2 rings (SSSR count). The van der Waals surface area contributed by atoms with E-state index >= 15 is 0 Å². The van der Waals surface area contributed by atoms with Gasteiger partial charge in [-0.25, -0.2) is 0 Å². The van der Waals surface area contributed by atoms with Crippen LogP contribution in [0.3, 0.4) is 0 Å². The van der Waals surface area contributed by atoms with Crippen LogP contribution in [-0.4, -0.2) is 26.3 Å². The summed E-state index contributed by atoms with van der Waals surface area (Å²) in [5.41, 5.74) is 1.03. The first kappa shape index (κ1) is 11.4. The maximum atomic E-state index is 5.10. The first-order valence-corrected chi connectivity index (χ1v) is 6.24. The van der Waals surface area contributed by atoms with Gasteiger partial charge in [0.2, 0.25) is 0 Å². The second-order valence-corrected chi connectivity index (χ2v) is 6.11. The topological polar surface area (TPSA) is 21.3 Å². The van der Waals surface area contributed by atoms with E-state index in [0.29, 0.717) is 16.9 Å². The van der Waals surface area contributed by atoms with E-state index in [4.69, 9.17) is 4.74 Å². The molecule has 2 heteroatoms. The van der Waals surface area contributed by atoms with Crippen molar-refractivity contribution in [3.63, 3.8) is 0 Å². The smallest absolute Gasteiger partial charge is 0.0587 e. The summed E-state index contributed by atoms with van der Waals surface area (Å²) in [7, 11) is 1.77.